The standard InChI is InChI=1S/C16H22N4O/c1-10-4-3-5-13-15(10)18-14(19-16(13)21)9-20-7-6-12(17)8-11(20)2/h3-5,11-12H,6-9,17H2,1-2H3,(H,18,19,21). The second-order valence-electron chi connectivity index (χ2n) is 6.09. The van der Waals surface area contributed by atoms with Gasteiger partial charge < -0.3 is 10.7 Å². The van der Waals surface area contributed by atoms with Gasteiger partial charge in [-0.1, -0.05) is 12.1 Å². The van der Waals surface area contributed by atoms with E-state index in [1.165, 1.54) is 0 Å². The summed E-state index contributed by atoms with van der Waals surface area (Å²) in [4.78, 5) is 22.1. The van der Waals surface area contributed by atoms with Gasteiger partial charge in [0.1, 0.15) is 5.82 Å². The number of fused-ring (bicyclic) bond motifs is 1. The van der Waals surface area contributed by atoms with Gasteiger partial charge in [0, 0.05) is 18.6 Å². The Morgan fingerprint density at radius 1 is 1.48 bits per heavy atom. The molecule has 3 N–H and O–H groups in total. The molecular formula is C16H22N4O. The van der Waals surface area contributed by atoms with Crippen LogP contribution in [0.25, 0.3) is 10.9 Å². The lowest BCUT2D eigenvalue weighted by Gasteiger charge is -2.35. The number of aryl methyl sites for hydroxylation is 1. The summed E-state index contributed by atoms with van der Waals surface area (Å²) in [6.45, 7) is 5.80. The second-order valence-corrected chi connectivity index (χ2v) is 6.09. The molecule has 1 aliphatic heterocycles. The number of nitrogens with one attached hydrogen (secondary N) is 1. The summed E-state index contributed by atoms with van der Waals surface area (Å²) >= 11 is 0. The van der Waals surface area contributed by atoms with E-state index < -0.39 is 0 Å². The lowest BCUT2D eigenvalue weighted by molar-refractivity contribution is 0.136. The third-order valence-electron chi connectivity index (χ3n) is 4.39. The molecule has 2 atom stereocenters. The van der Waals surface area contributed by atoms with Crippen LogP contribution in [-0.2, 0) is 6.54 Å². The average Bonchev–Trinajstić information content (AvgIpc) is 2.43. The zero-order valence-electron chi connectivity index (χ0n) is 12.6. The van der Waals surface area contributed by atoms with Crippen LogP contribution in [0.4, 0.5) is 0 Å². The highest BCUT2D eigenvalue weighted by molar-refractivity contribution is 5.80. The van der Waals surface area contributed by atoms with Crippen molar-refractivity contribution in [1.82, 2.24) is 14.9 Å². The van der Waals surface area contributed by atoms with Gasteiger partial charge >= 0.3 is 0 Å². The minimum atomic E-state index is -0.0555. The first-order chi connectivity index (χ1) is 10.0. The second kappa shape index (κ2) is 5.58. The zero-order valence-corrected chi connectivity index (χ0v) is 12.6. The molecule has 1 saturated heterocycles. The van der Waals surface area contributed by atoms with Crippen molar-refractivity contribution in [3.8, 4) is 0 Å². The minimum absolute atomic E-state index is 0.0555. The lowest BCUT2D eigenvalue weighted by Crippen LogP contribution is -2.45. The van der Waals surface area contributed by atoms with Crippen molar-refractivity contribution >= 4 is 10.9 Å². The summed E-state index contributed by atoms with van der Waals surface area (Å²) in [6.07, 6.45) is 2.00. The molecular weight excluding hydrogens is 264 g/mol. The maximum Gasteiger partial charge on any atom is 0.258 e. The Morgan fingerprint density at radius 2 is 2.29 bits per heavy atom. The molecule has 2 aromatic rings. The van der Waals surface area contributed by atoms with Crippen LogP contribution in [0.5, 0.6) is 0 Å². The number of para-hydroxylation sites is 1. The van der Waals surface area contributed by atoms with Crippen LogP contribution in [0.2, 0.25) is 0 Å². The molecule has 0 spiro atoms. The van der Waals surface area contributed by atoms with Gasteiger partial charge in [-0.3, -0.25) is 9.69 Å². The van der Waals surface area contributed by atoms with E-state index in [0.29, 0.717) is 24.0 Å². The number of piperidine rings is 1. The highest BCUT2D eigenvalue weighted by Crippen LogP contribution is 2.18. The Labute approximate surface area is 124 Å². The summed E-state index contributed by atoms with van der Waals surface area (Å²) in [5, 5.41) is 0.660. The van der Waals surface area contributed by atoms with Gasteiger partial charge in [-0.15, -0.1) is 0 Å². The molecule has 2 unspecified atom stereocenters. The first-order valence-corrected chi connectivity index (χ1v) is 7.52. The van der Waals surface area contributed by atoms with Crippen molar-refractivity contribution < 1.29 is 0 Å². The number of H-pyrrole nitrogens is 1. The summed E-state index contributed by atoms with van der Waals surface area (Å²) in [5.74, 6) is 0.740. The van der Waals surface area contributed by atoms with Gasteiger partial charge in [-0.2, -0.15) is 0 Å². The van der Waals surface area contributed by atoms with Crippen LogP contribution in [0.15, 0.2) is 23.0 Å². The fourth-order valence-electron chi connectivity index (χ4n) is 3.11. The van der Waals surface area contributed by atoms with Crippen LogP contribution in [-0.4, -0.2) is 33.5 Å². The van der Waals surface area contributed by atoms with Crippen LogP contribution >= 0.6 is 0 Å². The van der Waals surface area contributed by atoms with Crippen molar-refractivity contribution in [1.29, 1.82) is 0 Å². The van der Waals surface area contributed by atoms with E-state index in [1.807, 2.05) is 25.1 Å². The molecule has 112 valence electrons. The van der Waals surface area contributed by atoms with Crippen LogP contribution < -0.4 is 11.3 Å². The smallest absolute Gasteiger partial charge is 0.258 e. The van der Waals surface area contributed by atoms with E-state index >= 15 is 0 Å². The van der Waals surface area contributed by atoms with E-state index in [1.54, 1.807) is 0 Å². The van der Waals surface area contributed by atoms with Crippen LogP contribution in [0.3, 0.4) is 0 Å². The number of hydrogen-bond acceptors (Lipinski definition) is 4. The maximum absolute atomic E-state index is 12.2. The fraction of sp³-hybridized carbons (Fsp3) is 0.500. The quantitative estimate of drug-likeness (QED) is 0.878. The Bertz CT molecular complexity index is 709. The largest absolute Gasteiger partial charge is 0.328 e. The molecule has 21 heavy (non-hydrogen) atoms. The summed E-state index contributed by atoms with van der Waals surface area (Å²) < 4.78 is 0. The predicted octanol–water partition coefficient (Wildman–Crippen LogP) is 1.54. The van der Waals surface area contributed by atoms with Gasteiger partial charge in [0.05, 0.1) is 17.4 Å². The molecule has 0 amide bonds. The molecule has 0 radical (unpaired) electrons. The maximum atomic E-state index is 12.2. The molecule has 0 saturated carbocycles. The van der Waals surface area contributed by atoms with Gasteiger partial charge in [0.25, 0.3) is 5.56 Å². The molecule has 5 heteroatoms. The zero-order chi connectivity index (χ0) is 15.0. The summed E-state index contributed by atoms with van der Waals surface area (Å²) in [7, 11) is 0. The predicted molar refractivity (Wildman–Crippen MR) is 84.2 cm³/mol. The van der Waals surface area contributed by atoms with Crippen LogP contribution in [0.1, 0.15) is 31.2 Å². The molecule has 1 fully saturated rings. The molecule has 2 heterocycles. The van der Waals surface area contributed by atoms with Gasteiger partial charge in [0.2, 0.25) is 0 Å². The molecule has 0 bridgehead atoms. The minimum Gasteiger partial charge on any atom is -0.328 e. The molecule has 5 nitrogen and oxygen atoms in total. The van der Waals surface area contributed by atoms with Crippen molar-refractivity contribution in [2.75, 3.05) is 6.54 Å². The van der Waals surface area contributed by atoms with E-state index in [9.17, 15) is 4.79 Å². The van der Waals surface area contributed by atoms with Crippen molar-refractivity contribution in [2.24, 2.45) is 5.73 Å². The molecule has 0 aliphatic carbocycles. The number of benzene rings is 1. The number of aromatic nitrogens is 2. The van der Waals surface area contributed by atoms with Crippen LogP contribution in [0, 0.1) is 6.92 Å². The van der Waals surface area contributed by atoms with Gasteiger partial charge in [-0.05, 0) is 38.3 Å². The summed E-state index contributed by atoms with van der Waals surface area (Å²) in [5.41, 5.74) is 7.78. The van der Waals surface area contributed by atoms with E-state index in [-0.39, 0.29) is 5.56 Å². The van der Waals surface area contributed by atoms with Gasteiger partial charge in [0.15, 0.2) is 0 Å². The number of nitrogens with two attached hydrogens (primary N) is 1. The monoisotopic (exact) mass is 286 g/mol. The topological polar surface area (TPSA) is 75.0 Å². The number of nitrogens with zero attached hydrogens (tertiary/aromatic N) is 2. The Morgan fingerprint density at radius 3 is 3.05 bits per heavy atom. The third kappa shape index (κ3) is 2.84. The van der Waals surface area contributed by atoms with E-state index in [2.05, 4.69) is 21.8 Å². The lowest BCUT2D eigenvalue weighted by atomic mass is 9.99. The third-order valence-corrected chi connectivity index (χ3v) is 4.39. The number of likely N-dealkylation sites (tertiary alicyclic amines) is 1. The first-order valence-electron chi connectivity index (χ1n) is 7.52. The highest BCUT2D eigenvalue weighted by atomic mass is 16.1. The molecule has 1 aromatic heterocycles. The number of hydrogen-bond donors (Lipinski definition) is 2. The average molecular weight is 286 g/mol. The van der Waals surface area contributed by atoms with Gasteiger partial charge in [-0.25, -0.2) is 4.98 Å². The van der Waals surface area contributed by atoms with Crippen molar-refractivity contribution in [3.63, 3.8) is 0 Å². The number of aromatic amines is 1. The molecule has 3 rings (SSSR count). The Balaban J connectivity index is 1.91. The first kappa shape index (κ1) is 14.2. The Kier molecular flexibility index (Phi) is 3.78. The molecule has 1 aliphatic rings. The van der Waals surface area contributed by atoms with E-state index in [4.69, 9.17) is 5.73 Å². The number of rotatable bonds is 2. The normalized spacial score (nSPS) is 23.6. The van der Waals surface area contributed by atoms with Crippen molar-refractivity contribution in [3.05, 3.63) is 39.9 Å². The fourth-order valence-corrected chi connectivity index (χ4v) is 3.11. The highest BCUT2D eigenvalue weighted by Gasteiger charge is 2.23. The van der Waals surface area contributed by atoms with E-state index in [0.717, 1.165) is 36.3 Å². The Hall–Kier alpha value is -1.72. The van der Waals surface area contributed by atoms with Crippen molar-refractivity contribution in [2.45, 2.75) is 45.3 Å². The SMILES string of the molecule is Cc1cccc2c(=O)[nH]c(CN3CCC(N)CC3C)nc12. The molecule has 1 aromatic carbocycles. The summed E-state index contributed by atoms with van der Waals surface area (Å²) in [6, 6.07) is 6.41.